The summed E-state index contributed by atoms with van der Waals surface area (Å²) in [7, 11) is 0. The minimum atomic E-state index is -0.285. The zero-order valence-electron chi connectivity index (χ0n) is 10.6. The summed E-state index contributed by atoms with van der Waals surface area (Å²) in [5.41, 5.74) is 0. The van der Waals surface area contributed by atoms with Gasteiger partial charge in [-0.15, -0.1) is 0 Å². The van der Waals surface area contributed by atoms with Crippen LogP contribution >= 0.6 is 11.8 Å². The third-order valence-corrected chi connectivity index (χ3v) is 3.84. The SMILES string of the molecule is O=C(CCCOc1ccccc1)N[C@@H]1CCSC1=O. The van der Waals surface area contributed by atoms with Crippen LogP contribution in [0.5, 0.6) is 5.75 Å². The van der Waals surface area contributed by atoms with E-state index < -0.39 is 0 Å². The van der Waals surface area contributed by atoms with Crippen LogP contribution in [0.1, 0.15) is 19.3 Å². The summed E-state index contributed by atoms with van der Waals surface area (Å²) in [4.78, 5) is 23.0. The van der Waals surface area contributed by atoms with E-state index in [-0.39, 0.29) is 17.1 Å². The lowest BCUT2D eigenvalue weighted by atomic mass is 10.2. The van der Waals surface area contributed by atoms with Crippen molar-refractivity contribution in [3.63, 3.8) is 0 Å². The molecule has 0 aromatic heterocycles. The molecule has 1 amide bonds. The highest BCUT2D eigenvalue weighted by atomic mass is 32.2. The predicted octanol–water partition coefficient (Wildman–Crippen LogP) is 1.99. The quantitative estimate of drug-likeness (QED) is 0.809. The van der Waals surface area contributed by atoms with Crippen molar-refractivity contribution in [1.82, 2.24) is 5.32 Å². The summed E-state index contributed by atoms with van der Waals surface area (Å²) in [5.74, 6) is 1.55. The minimum absolute atomic E-state index is 0.0717. The normalized spacial score (nSPS) is 18.3. The van der Waals surface area contributed by atoms with Gasteiger partial charge in [0.1, 0.15) is 5.75 Å². The van der Waals surface area contributed by atoms with Gasteiger partial charge in [0.15, 0.2) is 0 Å². The first-order chi connectivity index (χ1) is 9.25. The fourth-order valence-electron chi connectivity index (χ4n) is 1.83. The van der Waals surface area contributed by atoms with Crippen molar-refractivity contribution in [2.24, 2.45) is 0 Å². The van der Waals surface area contributed by atoms with E-state index in [0.717, 1.165) is 17.9 Å². The van der Waals surface area contributed by atoms with E-state index in [1.807, 2.05) is 30.3 Å². The van der Waals surface area contributed by atoms with Crippen LogP contribution in [-0.4, -0.2) is 29.4 Å². The molecular formula is C14H17NO3S. The topological polar surface area (TPSA) is 55.4 Å². The molecule has 2 rings (SSSR count). The van der Waals surface area contributed by atoms with E-state index in [0.29, 0.717) is 19.4 Å². The molecule has 1 N–H and O–H groups in total. The molecule has 1 saturated heterocycles. The second kappa shape index (κ2) is 7.19. The van der Waals surface area contributed by atoms with Crippen LogP contribution in [0.15, 0.2) is 30.3 Å². The summed E-state index contributed by atoms with van der Waals surface area (Å²) in [6.45, 7) is 0.505. The molecule has 19 heavy (non-hydrogen) atoms. The van der Waals surface area contributed by atoms with E-state index in [1.54, 1.807) is 0 Å². The Morgan fingerprint density at radius 3 is 2.84 bits per heavy atom. The summed E-state index contributed by atoms with van der Waals surface area (Å²) in [5, 5.41) is 2.84. The first-order valence-corrected chi connectivity index (χ1v) is 7.38. The van der Waals surface area contributed by atoms with Crippen LogP contribution < -0.4 is 10.1 Å². The van der Waals surface area contributed by atoms with E-state index in [4.69, 9.17) is 4.74 Å². The maximum absolute atomic E-state index is 11.6. The number of amides is 1. The Labute approximate surface area is 116 Å². The Morgan fingerprint density at radius 1 is 1.37 bits per heavy atom. The number of nitrogens with one attached hydrogen (secondary N) is 1. The lowest BCUT2D eigenvalue weighted by Gasteiger charge is -2.10. The fourth-order valence-corrected chi connectivity index (χ4v) is 2.77. The highest BCUT2D eigenvalue weighted by Crippen LogP contribution is 2.19. The average Bonchev–Trinajstić information content (AvgIpc) is 2.82. The van der Waals surface area contributed by atoms with Gasteiger partial charge in [-0.25, -0.2) is 0 Å². The Hall–Kier alpha value is -1.49. The zero-order valence-corrected chi connectivity index (χ0v) is 11.4. The number of benzene rings is 1. The number of para-hydroxylation sites is 1. The van der Waals surface area contributed by atoms with Gasteiger partial charge in [-0.2, -0.15) is 0 Å². The van der Waals surface area contributed by atoms with Crippen LogP contribution in [0.25, 0.3) is 0 Å². The Kier molecular flexibility index (Phi) is 5.27. The lowest BCUT2D eigenvalue weighted by Crippen LogP contribution is -2.37. The molecule has 0 bridgehead atoms. The van der Waals surface area contributed by atoms with E-state index >= 15 is 0 Å². The molecule has 0 radical (unpaired) electrons. The van der Waals surface area contributed by atoms with Crippen LogP contribution in [0.2, 0.25) is 0 Å². The van der Waals surface area contributed by atoms with Crippen LogP contribution in [0, 0.1) is 0 Å². The number of carbonyl (C=O) groups excluding carboxylic acids is 2. The molecule has 1 atom stereocenters. The predicted molar refractivity (Wildman–Crippen MR) is 75.2 cm³/mol. The molecular weight excluding hydrogens is 262 g/mol. The molecule has 0 unspecified atom stereocenters. The number of hydrogen-bond donors (Lipinski definition) is 1. The average molecular weight is 279 g/mol. The molecule has 0 spiro atoms. The van der Waals surface area contributed by atoms with Gasteiger partial charge in [-0.1, -0.05) is 30.0 Å². The van der Waals surface area contributed by atoms with Gasteiger partial charge in [0, 0.05) is 12.2 Å². The smallest absolute Gasteiger partial charge is 0.220 e. The van der Waals surface area contributed by atoms with Crippen LogP contribution in [-0.2, 0) is 9.59 Å². The molecule has 1 fully saturated rings. The number of hydrogen-bond acceptors (Lipinski definition) is 4. The molecule has 1 aliphatic rings. The third-order valence-electron chi connectivity index (χ3n) is 2.83. The van der Waals surface area contributed by atoms with E-state index in [2.05, 4.69) is 5.32 Å². The van der Waals surface area contributed by atoms with Crippen LogP contribution in [0.3, 0.4) is 0 Å². The van der Waals surface area contributed by atoms with Crippen molar-refractivity contribution in [1.29, 1.82) is 0 Å². The van der Waals surface area contributed by atoms with Gasteiger partial charge in [0.25, 0.3) is 0 Å². The Morgan fingerprint density at radius 2 is 2.16 bits per heavy atom. The van der Waals surface area contributed by atoms with Crippen LogP contribution in [0.4, 0.5) is 0 Å². The second-order valence-electron chi connectivity index (χ2n) is 4.34. The highest BCUT2D eigenvalue weighted by molar-refractivity contribution is 8.14. The number of ether oxygens (including phenoxy) is 1. The summed E-state index contributed by atoms with van der Waals surface area (Å²) in [6, 6.07) is 9.23. The second-order valence-corrected chi connectivity index (χ2v) is 5.44. The molecule has 1 aromatic rings. The molecule has 1 aromatic carbocycles. The first kappa shape index (κ1) is 13.9. The lowest BCUT2D eigenvalue weighted by molar-refractivity contribution is -0.124. The molecule has 5 heteroatoms. The minimum Gasteiger partial charge on any atom is -0.494 e. The standard InChI is InChI=1S/C14H17NO3S/c16-13(15-12-8-10-19-14(12)17)7-4-9-18-11-5-2-1-3-6-11/h1-3,5-6,12H,4,7-10H2,(H,15,16)/t12-/m1/s1. The van der Waals surface area contributed by atoms with Crippen molar-refractivity contribution in [3.8, 4) is 5.75 Å². The largest absolute Gasteiger partial charge is 0.494 e. The highest BCUT2D eigenvalue weighted by Gasteiger charge is 2.26. The maximum atomic E-state index is 11.6. The van der Waals surface area contributed by atoms with Crippen molar-refractivity contribution in [2.45, 2.75) is 25.3 Å². The maximum Gasteiger partial charge on any atom is 0.220 e. The molecule has 1 aliphatic heterocycles. The summed E-state index contributed by atoms with van der Waals surface area (Å²) in [6.07, 6.45) is 1.78. The van der Waals surface area contributed by atoms with E-state index in [9.17, 15) is 9.59 Å². The molecule has 4 nitrogen and oxygen atoms in total. The van der Waals surface area contributed by atoms with Crippen molar-refractivity contribution < 1.29 is 14.3 Å². The summed E-state index contributed by atoms with van der Waals surface area (Å²) >= 11 is 1.29. The van der Waals surface area contributed by atoms with Gasteiger partial charge in [0.05, 0.1) is 12.6 Å². The number of thioether (sulfide) groups is 1. The summed E-state index contributed by atoms with van der Waals surface area (Å²) < 4.78 is 5.50. The van der Waals surface area contributed by atoms with E-state index in [1.165, 1.54) is 11.8 Å². The zero-order chi connectivity index (χ0) is 13.5. The molecule has 102 valence electrons. The fraction of sp³-hybridized carbons (Fsp3) is 0.429. The van der Waals surface area contributed by atoms with Gasteiger partial charge < -0.3 is 10.1 Å². The van der Waals surface area contributed by atoms with Crippen molar-refractivity contribution in [2.75, 3.05) is 12.4 Å². The van der Waals surface area contributed by atoms with Gasteiger partial charge in [0.2, 0.25) is 11.0 Å². The van der Waals surface area contributed by atoms with Gasteiger partial charge in [-0.3, -0.25) is 9.59 Å². The van der Waals surface area contributed by atoms with Gasteiger partial charge in [-0.05, 0) is 25.0 Å². The Balaban J connectivity index is 1.60. The third kappa shape index (κ3) is 4.59. The molecule has 0 aliphatic carbocycles. The number of carbonyl (C=O) groups is 2. The van der Waals surface area contributed by atoms with Crippen molar-refractivity contribution in [3.05, 3.63) is 30.3 Å². The first-order valence-electron chi connectivity index (χ1n) is 6.39. The Bertz CT molecular complexity index is 436. The monoisotopic (exact) mass is 279 g/mol. The van der Waals surface area contributed by atoms with Crippen molar-refractivity contribution >= 4 is 22.8 Å². The number of rotatable bonds is 6. The molecule has 1 heterocycles. The molecule has 0 saturated carbocycles. The van der Waals surface area contributed by atoms with Gasteiger partial charge >= 0.3 is 0 Å².